The molecule has 3 heterocycles. The van der Waals surface area contributed by atoms with E-state index in [0.717, 1.165) is 22.2 Å². The molecular formula is C35H53N11O7. The number of likely N-dealkylation sites (tertiary alicyclic amines) is 1. The molecule has 0 unspecified atom stereocenters. The molecule has 2 aromatic rings. The van der Waals surface area contributed by atoms with E-state index in [1.165, 1.54) is 18.7 Å². The van der Waals surface area contributed by atoms with E-state index in [9.17, 15) is 33.9 Å². The normalized spacial score (nSPS) is 18.9. The van der Waals surface area contributed by atoms with Gasteiger partial charge in [-0.2, -0.15) is 0 Å². The van der Waals surface area contributed by atoms with Crippen LogP contribution in [0.1, 0.15) is 70.1 Å². The van der Waals surface area contributed by atoms with Crippen LogP contribution in [0.15, 0.2) is 29.3 Å². The lowest BCUT2D eigenvalue weighted by atomic mass is 9.98. The van der Waals surface area contributed by atoms with E-state index in [2.05, 4.69) is 36.6 Å². The molecular weight excluding hydrogens is 686 g/mol. The lowest BCUT2D eigenvalue weighted by Crippen LogP contribution is -2.58. The highest BCUT2D eigenvalue weighted by Gasteiger charge is 2.39. The summed E-state index contributed by atoms with van der Waals surface area (Å²) in [6.45, 7) is 4.23. The number of benzene rings is 1. The standard InChI is InChI=1S/C35H53N11O7/c1-19(41-31(49)26-17-22-21-9-3-4-10-23(21)43-27(22)18-40-26)29(47)44-24(12-7-15-39-35(37)38)33(51)46-16-8-13-28(46)32(50)42-20(2)30(48)45-25(34(52)53)11-5-6-14-36/h3-4,9-10,19-20,24-26,28,40,43H,5-8,11-18,36H2,1-2H3,(H,41,49)(H,42,50)(H,44,47)(H,45,48)(H,52,53)(H4,37,38,39)/t19-,20-,24-,25-,26-,28-/m0/s1. The van der Waals surface area contributed by atoms with Gasteiger partial charge in [0.05, 0.1) is 6.04 Å². The van der Waals surface area contributed by atoms with Gasteiger partial charge in [0.25, 0.3) is 0 Å². The number of aromatic amines is 1. The Labute approximate surface area is 307 Å². The third-order valence-electron chi connectivity index (χ3n) is 9.62. The number of carbonyl (C=O) groups excluding carboxylic acids is 5. The molecule has 1 aromatic heterocycles. The van der Waals surface area contributed by atoms with Crippen molar-refractivity contribution >= 4 is 52.4 Å². The minimum absolute atomic E-state index is 0.121. The number of guanidine groups is 1. The molecule has 53 heavy (non-hydrogen) atoms. The zero-order valence-electron chi connectivity index (χ0n) is 30.3. The van der Waals surface area contributed by atoms with Crippen LogP contribution >= 0.6 is 0 Å². The van der Waals surface area contributed by atoms with Gasteiger partial charge >= 0.3 is 5.97 Å². The predicted molar refractivity (Wildman–Crippen MR) is 197 cm³/mol. The lowest BCUT2D eigenvalue weighted by Gasteiger charge is -2.30. The molecule has 0 aliphatic carbocycles. The molecule has 1 aromatic carbocycles. The van der Waals surface area contributed by atoms with Crippen molar-refractivity contribution < 1.29 is 33.9 Å². The van der Waals surface area contributed by atoms with Crippen LogP contribution in [-0.4, -0.2) is 112 Å². The van der Waals surface area contributed by atoms with E-state index in [1.807, 2.05) is 24.3 Å². The number of para-hydroxylation sites is 1. The van der Waals surface area contributed by atoms with E-state index >= 15 is 0 Å². The summed E-state index contributed by atoms with van der Waals surface area (Å²) in [5.41, 5.74) is 19.4. The number of aliphatic imine (C=N–C) groups is 1. The molecule has 1 fully saturated rings. The van der Waals surface area contributed by atoms with Gasteiger partial charge in [-0.15, -0.1) is 0 Å². The van der Waals surface area contributed by atoms with Crippen LogP contribution in [-0.2, 0) is 41.7 Å². The van der Waals surface area contributed by atoms with Gasteiger partial charge in [-0.05, 0) is 83.4 Å². The summed E-state index contributed by atoms with van der Waals surface area (Å²) < 4.78 is 0. The fraction of sp³-hybridized carbons (Fsp3) is 0.571. The summed E-state index contributed by atoms with van der Waals surface area (Å²) in [7, 11) is 0. The highest BCUT2D eigenvalue weighted by molar-refractivity contribution is 5.97. The summed E-state index contributed by atoms with van der Waals surface area (Å²) in [6.07, 6.45) is 3.01. The number of unbranched alkanes of at least 4 members (excludes halogenated alkanes) is 1. The SMILES string of the molecule is C[C@H](NC(=O)[C@@H]1Cc2c([nH]c3ccccc23)CN1)C(=O)N[C@@H](CCCN=C(N)N)C(=O)N1CCC[C@H]1C(=O)N[C@@H](C)C(=O)N[C@@H](CCCCN)C(=O)O. The number of nitrogens with zero attached hydrogens (tertiary/aromatic N) is 2. The van der Waals surface area contributed by atoms with Crippen LogP contribution in [0.25, 0.3) is 10.9 Å². The number of H-pyrrole nitrogens is 1. The number of rotatable bonds is 18. The number of amides is 5. The first-order chi connectivity index (χ1) is 25.3. The molecule has 5 amide bonds. The van der Waals surface area contributed by atoms with E-state index < -0.39 is 65.8 Å². The second-order valence-corrected chi connectivity index (χ2v) is 13.6. The van der Waals surface area contributed by atoms with Crippen LogP contribution in [0.4, 0.5) is 0 Å². The van der Waals surface area contributed by atoms with Crippen molar-refractivity contribution in [1.29, 1.82) is 0 Å². The summed E-state index contributed by atoms with van der Waals surface area (Å²) >= 11 is 0. The van der Waals surface area contributed by atoms with Crippen molar-refractivity contribution in [3.63, 3.8) is 0 Å². The van der Waals surface area contributed by atoms with Crippen LogP contribution in [0.2, 0.25) is 0 Å². The number of carbonyl (C=O) groups is 6. The van der Waals surface area contributed by atoms with Gasteiger partial charge in [0.1, 0.15) is 30.2 Å². The molecule has 0 saturated carbocycles. The second-order valence-electron chi connectivity index (χ2n) is 13.6. The van der Waals surface area contributed by atoms with Gasteiger partial charge in [0.15, 0.2) is 5.96 Å². The topological polar surface area (TPSA) is 292 Å². The fourth-order valence-electron chi connectivity index (χ4n) is 6.69. The van der Waals surface area contributed by atoms with Crippen LogP contribution in [0.5, 0.6) is 0 Å². The predicted octanol–water partition coefficient (Wildman–Crippen LogP) is -1.58. The number of aliphatic carboxylic acids is 1. The highest BCUT2D eigenvalue weighted by atomic mass is 16.4. The summed E-state index contributed by atoms with van der Waals surface area (Å²) in [5.74, 6) is -4.05. The summed E-state index contributed by atoms with van der Waals surface area (Å²) in [6, 6.07) is 2.06. The Morgan fingerprint density at radius 1 is 0.925 bits per heavy atom. The smallest absolute Gasteiger partial charge is 0.326 e. The number of carboxylic acid groups (broad SMARTS) is 1. The van der Waals surface area contributed by atoms with Crippen LogP contribution in [0.3, 0.4) is 0 Å². The van der Waals surface area contributed by atoms with Gasteiger partial charge < -0.3 is 53.5 Å². The largest absolute Gasteiger partial charge is 0.480 e. The van der Waals surface area contributed by atoms with Crippen molar-refractivity contribution in [3.8, 4) is 0 Å². The van der Waals surface area contributed by atoms with Gasteiger partial charge in [0, 0.05) is 36.2 Å². The Morgan fingerprint density at radius 3 is 2.26 bits per heavy atom. The van der Waals surface area contributed by atoms with Gasteiger partial charge in [0.2, 0.25) is 29.5 Å². The third kappa shape index (κ3) is 10.9. The second kappa shape index (κ2) is 19.0. The minimum Gasteiger partial charge on any atom is -0.480 e. The molecule has 18 heteroatoms. The Morgan fingerprint density at radius 2 is 1.58 bits per heavy atom. The number of fused-ring (bicyclic) bond motifs is 3. The Balaban J connectivity index is 1.37. The number of aromatic nitrogens is 1. The molecule has 2 aliphatic heterocycles. The highest BCUT2D eigenvalue weighted by Crippen LogP contribution is 2.26. The van der Waals surface area contributed by atoms with Crippen molar-refractivity contribution in [2.45, 2.75) is 108 Å². The molecule has 2 aliphatic rings. The van der Waals surface area contributed by atoms with Crippen molar-refractivity contribution in [1.82, 2.24) is 36.5 Å². The first-order valence-electron chi connectivity index (χ1n) is 18.1. The minimum atomic E-state index is -1.20. The number of nitrogens with one attached hydrogen (secondary N) is 6. The quantitative estimate of drug-likeness (QED) is 0.0473. The molecule has 0 spiro atoms. The van der Waals surface area contributed by atoms with E-state index in [0.29, 0.717) is 51.6 Å². The van der Waals surface area contributed by atoms with E-state index in [4.69, 9.17) is 17.2 Å². The lowest BCUT2D eigenvalue weighted by molar-refractivity contribution is -0.143. The molecule has 290 valence electrons. The molecule has 1 saturated heterocycles. The summed E-state index contributed by atoms with van der Waals surface area (Å²) in [4.78, 5) is 87.3. The first-order valence-corrected chi connectivity index (χ1v) is 18.1. The monoisotopic (exact) mass is 739 g/mol. The molecule has 4 rings (SSSR count). The maximum atomic E-state index is 14.0. The van der Waals surface area contributed by atoms with Gasteiger partial charge in [-0.3, -0.25) is 34.3 Å². The van der Waals surface area contributed by atoms with Crippen LogP contribution in [0, 0.1) is 0 Å². The van der Waals surface area contributed by atoms with Crippen molar-refractivity contribution in [3.05, 3.63) is 35.5 Å². The molecule has 18 nitrogen and oxygen atoms in total. The zero-order valence-corrected chi connectivity index (χ0v) is 30.3. The van der Waals surface area contributed by atoms with E-state index in [1.54, 1.807) is 0 Å². The Bertz CT molecular complexity index is 1670. The fourth-order valence-corrected chi connectivity index (χ4v) is 6.69. The molecule has 13 N–H and O–H groups in total. The average molecular weight is 740 g/mol. The van der Waals surface area contributed by atoms with E-state index in [-0.39, 0.29) is 37.8 Å². The number of hydrogen-bond donors (Lipinski definition) is 10. The zero-order chi connectivity index (χ0) is 38.7. The maximum absolute atomic E-state index is 14.0. The van der Waals surface area contributed by atoms with Crippen molar-refractivity contribution in [2.24, 2.45) is 22.2 Å². The van der Waals surface area contributed by atoms with Crippen LogP contribution < -0.4 is 43.8 Å². The molecule has 0 bridgehead atoms. The number of carboxylic acids is 1. The first kappa shape index (κ1) is 40.5. The van der Waals surface area contributed by atoms with Crippen molar-refractivity contribution in [2.75, 3.05) is 19.6 Å². The summed E-state index contributed by atoms with van der Waals surface area (Å²) in [5, 5.41) is 24.3. The number of hydrogen-bond acceptors (Lipinski definition) is 9. The number of nitrogens with two attached hydrogens (primary N) is 3. The maximum Gasteiger partial charge on any atom is 0.326 e. The average Bonchev–Trinajstić information content (AvgIpc) is 3.77. The third-order valence-corrected chi connectivity index (χ3v) is 9.62. The van der Waals surface area contributed by atoms with Gasteiger partial charge in [-0.25, -0.2) is 4.79 Å². The van der Waals surface area contributed by atoms with Gasteiger partial charge in [-0.1, -0.05) is 18.2 Å². The Hall–Kier alpha value is -5.23. The Kier molecular flexibility index (Phi) is 14.5. The molecule has 0 radical (unpaired) electrons. The molecule has 6 atom stereocenters.